The number of rotatable bonds is 9. The summed E-state index contributed by atoms with van der Waals surface area (Å²) in [4.78, 5) is 2.12. The predicted octanol–water partition coefficient (Wildman–Crippen LogP) is 2.96. The van der Waals surface area contributed by atoms with Gasteiger partial charge < -0.3 is 15.0 Å². The highest BCUT2D eigenvalue weighted by Gasteiger charge is 2.07. The Morgan fingerprint density at radius 1 is 1.21 bits per heavy atom. The van der Waals surface area contributed by atoms with Crippen molar-refractivity contribution < 1.29 is 4.74 Å². The summed E-state index contributed by atoms with van der Waals surface area (Å²) in [6, 6.07) is 8.41. The van der Waals surface area contributed by atoms with Crippen molar-refractivity contribution in [2.75, 3.05) is 40.4 Å². The van der Waals surface area contributed by atoms with E-state index in [-0.39, 0.29) is 0 Å². The molecule has 0 heterocycles. The Morgan fingerprint density at radius 3 is 2.47 bits per heavy atom. The van der Waals surface area contributed by atoms with Gasteiger partial charge in [-0.3, -0.25) is 0 Å². The lowest BCUT2D eigenvalue weighted by atomic mass is 10.0. The van der Waals surface area contributed by atoms with Gasteiger partial charge in [0, 0.05) is 24.2 Å². The first kappa shape index (κ1) is 16.4. The van der Waals surface area contributed by atoms with Gasteiger partial charge in [0.15, 0.2) is 0 Å². The maximum Gasteiger partial charge on any atom is 0.0593 e. The maximum atomic E-state index is 5.90. The van der Waals surface area contributed by atoms with Gasteiger partial charge in [0.2, 0.25) is 0 Å². The number of hydrogen-bond acceptors (Lipinski definition) is 3. The average molecular weight is 285 g/mol. The second kappa shape index (κ2) is 9.32. The highest BCUT2D eigenvalue weighted by atomic mass is 35.5. The first-order chi connectivity index (χ1) is 9.13. The Morgan fingerprint density at radius 2 is 1.89 bits per heavy atom. The van der Waals surface area contributed by atoms with E-state index in [1.807, 2.05) is 12.1 Å². The molecule has 3 nitrogen and oxygen atoms in total. The Kier molecular flexibility index (Phi) is 8.07. The lowest BCUT2D eigenvalue weighted by Gasteiger charge is -2.18. The minimum absolute atomic E-state index is 0.370. The molecule has 0 aliphatic rings. The Bertz CT molecular complexity index is 341. The highest BCUT2D eigenvalue weighted by molar-refractivity contribution is 6.30. The fourth-order valence-corrected chi connectivity index (χ4v) is 1.97. The van der Waals surface area contributed by atoms with Crippen LogP contribution in [0.25, 0.3) is 0 Å². The molecule has 1 unspecified atom stereocenters. The van der Waals surface area contributed by atoms with Gasteiger partial charge >= 0.3 is 0 Å². The van der Waals surface area contributed by atoms with Crippen molar-refractivity contribution in [1.82, 2.24) is 10.2 Å². The maximum absolute atomic E-state index is 5.90. The molecule has 19 heavy (non-hydrogen) atoms. The van der Waals surface area contributed by atoms with Crippen molar-refractivity contribution in [2.45, 2.75) is 19.4 Å². The average Bonchev–Trinajstić information content (AvgIpc) is 2.39. The zero-order valence-corrected chi connectivity index (χ0v) is 12.9. The lowest BCUT2D eigenvalue weighted by Crippen LogP contribution is -2.26. The van der Waals surface area contributed by atoms with Crippen molar-refractivity contribution in [3.8, 4) is 0 Å². The molecule has 0 aliphatic carbocycles. The molecular formula is C15H25ClN2O. The number of likely N-dealkylation sites (N-methyl/N-ethyl adjacent to an activating group) is 1. The molecule has 108 valence electrons. The van der Waals surface area contributed by atoms with Crippen LogP contribution >= 0.6 is 11.6 Å². The molecule has 0 spiro atoms. The Labute approximate surface area is 121 Å². The third-order valence-electron chi connectivity index (χ3n) is 3.00. The van der Waals surface area contributed by atoms with Crippen molar-refractivity contribution in [3.63, 3.8) is 0 Å². The van der Waals surface area contributed by atoms with Crippen LogP contribution in [0.2, 0.25) is 5.02 Å². The van der Waals surface area contributed by atoms with Crippen LogP contribution in [0.1, 0.15) is 24.9 Å². The molecule has 0 fully saturated rings. The normalized spacial score (nSPS) is 12.9. The van der Waals surface area contributed by atoms with Crippen LogP contribution in [0, 0.1) is 0 Å². The summed E-state index contributed by atoms with van der Waals surface area (Å²) in [5.41, 5.74) is 1.28. The molecule has 4 heteroatoms. The van der Waals surface area contributed by atoms with E-state index in [2.05, 4.69) is 43.4 Å². The summed E-state index contributed by atoms with van der Waals surface area (Å²) < 4.78 is 5.57. The van der Waals surface area contributed by atoms with Crippen molar-refractivity contribution >= 4 is 11.6 Å². The fraction of sp³-hybridized carbons (Fsp3) is 0.600. The molecule has 0 saturated carbocycles. The first-order valence-corrected chi connectivity index (χ1v) is 7.22. The van der Waals surface area contributed by atoms with Crippen molar-refractivity contribution in [1.29, 1.82) is 0 Å². The van der Waals surface area contributed by atoms with Crippen molar-refractivity contribution in [2.24, 2.45) is 0 Å². The number of benzene rings is 1. The second-order valence-corrected chi connectivity index (χ2v) is 5.32. The van der Waals surface area contributed by atoms with Crippen LogP contribution in [0.5, 0.6) is 0 Å². The number of hydrogen-bond donors (Lipinski definition) is 1. The zero-order chi connectivity index (χ0) is 14.1. The summed E-state index contributed by atoms with van der Waals surface area (Å²) in [7, 11) is 4.10. The largest absolute Gasteiger partial charge is 0.379 e. The molecular weight excluding hydrogens is 260 g/mol. The number of nitrogens with one attached hydrogen (secondary N) is 1. The van der Waals surface area contributed by atoms with Gasteiger partial charge in [0.25, 0.3) is 0 Å². The molecule has 1 aromatic carbocycles. The van der Waals surface area contributed by atoms with E-state index in [1.54, 1.807) is 0 Å². The molecule has 0 bridgehead atoms. The monoisotopic (exact) mass is 284 g/mol. The van der Waals surface area contributed by atoms with E-state index in [0.29, 0.717) is 6.04 Å². The van der Waals surface area contributed by atoms with Gasteiger partial charge in [-0.15, -0.1) is 0 Å². The Hall–Kier alpha value is -0.610. The van der Waals surface area contributed by atoms with E-state index in [0.717, 1.165) is 37.7 Å². The van der Waals surface area contributed by atoms with Crippen LogP contribution in [-0.4, -0.2) is 45.3 Å². The fourth-order valence-electron chi connectivity index (χ4n) is 1.85. The van der Waals surface area contributed by atoms with Gasteiger partial charge in [0.05, 0.1) is 13.2 Å². The van der Waals surface area contributed by atoms with Crippen LogP contribution in [-0.2, 0) is 4.74 Å². The van der Waals surface area contributed by atoms with Gasteiger partial charge in [-0.05, 0) is 38.2 Å². The van der Waals surface area contributed by atoms with Crippen molar-refractivity contribution in [3.05, 3.63) is 34.9 Å². The smallest absolute Gasteiger partial charge is 0.0593 e. The number of halogens is 1. The third-order valence-corrected chi connectivity index (χ3v) is 3.25. The highest BCUT2D eigenvalue weighted by Crippen LogP contribution is 2.18. The molecule has 1 rings (SSSR count). The number of ether oxygens (including phenoxy) is 1. The molecule has 1 N–H and O–H groups in total. The Balaban J connectivity index is 2.24. The molecule has 0 aliphatic heterocycles. The third kappa shape index (κ3) is 6.92. The summed E-state index contributed by atoms with van der Waals surface area (Å²) in [5, 5.41) is 4.29. The van der Waals surface area contributed by atoms with E-state index in [4.69, 9.17) is 16.3 Å². The van der Waals surface area contributed by atoms with Crippen LogP contribution in [0.15, 0.2) is 24.3 Å². The topological polar surface area (TPSA) is 24.5 Å². The second-order valence-electron chi connectivity index (χ2n) is 4.88. The molecule has 0 saturated heterocycles. The molecule has 0 aromatic heterocycles. The van der Waals surface area contributed by atoms with Gasteiger partial charge in [0.1, 0.15) is 0 Å². The quantitative estimate of drug-likeness (QED) is 0.706. The van der Waals surface area contributed by atoms with Crippen LogP contribution < -0.4 is 5.32 Å². The van der Waals surface area contributed by atoms with E-state index >= 15 is 0 Å². The zero-order valence-electron chi connectivity index (χ0n) is 12.2. The van der Waals surface area contributed by atoms with E-state index < -0.39 is 0 Å². The molecule has 0 radical (unpaired) electrons. The predicted molar refractivity (Wildman–Crippen MR) is 81.9 cm³/mol. The van der Waals surface area contributed by atoms with Gasteiger partial charge in [-0.2, -0.15) is 0 Å². The van der Waals surface area contributed by atoms with Crippen LogP contribution in [0.3, 0.4) is 0 Å². The van der Waals surface area contributed by atoms with Crippen LogP contribution in [0.4, 0.5) is 0 Å². The van der Waals surface area contributed by atoms with E-state index in [1.165, 1.54) is 5.56 Å². The standard InChI is InChI=1S/C15H25ClN2O/c1-4-15(13-5-7-14(16)8-6-13)17-9-11-19-12-10-18(2)3/h5-8,15,17H,4,9-12H2,1-3H3. The molecule has 1 aromatic rings. The first-order valence-electron chi connectivity index (χ1n) is 6.84. The van der Waals surface area contributed by atoms with Gasteiger partial charge in [-0.25, -0.2) is 0 Å². The number of nitrogens with zero attached hydrogens (tertiary/aromatic N) is 1. The summed E-state index contributed by atoms with van der Waals surface area (Å²) in [5.74, 6) is 0. The molecule has 1 atom stereocenters. The molecule has 0 amide bonds. The summed E-state index contributed by atoms with van der Waals surface area (Å²) in [6.45, 7) is 5.55. The minimum atomic E-state index is 0.370. The van der Waals surface area contributed by atoms with Gasteiger partial charge in [-0.1, -0.05) is 30.7 Å². The van der Waals surface area contributed by atoms with E-state index in [9.17, 15) is 0 Å². The SMILES string of the molecule is CCC(NCCOCCN(C)C)c1ccc(Cl)cc1. The minimum Gasteiger partial charge on any atom is -0.379 e. The lowest BCUT2D eigenvalue weighted by molar-refractivity contribution is 0.117. The summed E-state index contributed by atoms with van der Waals surface area (Å²) >= 11 is 5.90. The summed E-state index contributed by atoms with van der Waals surface area (Å²) in [6.07, 6.45) is 1.05.